The Bertz CT molecular complexity index is 707. The number of carbonyl (C=O) groups is 2. The lowest BCUT2D eigenvalue weighted by molar-refractivity contribution is -0.153. The molecule has 4 rings (SSSR count). The molecule has 2 amide bonds. The molecule has 3 aliphatic rings. The topological polar surface area (TPSA) is 53.1 Å². The zero-order chi connectivity index (χ0) is 19.6. The molecule has 0 radical (unpaired) electrons. The van der Waals surface area contributed by atoms with Gasteiger partial charge in [-0.1, -0.05) is 25.0 Å². The van der Waals surface area contributed by atoms with Crippen molar-refractivity contribution in [2.24, 2.45) is 5.41 Å². The van der Waals surface area contributed by atoms with Crippen LogP contribution >= 0.6 is 23.0 Å². The van der Waals surface area contributed by atoms with E-state index < -0.39 is 0 Å². The van der Waals surface area contributed by atoms with E-state index in [2.05, 4.69) is 15.9 Å². The van der Waals surface area contributed by atoms with Crippen molar-refractivity contribution in [1.82, 2.24) is 9.80 Å². The number of imide groups is 1. The first-order valence-electron chi connectivity index (χ1n) is 10.3. The third kappa shape index (κ3) is 4.15. The molecule has 152 valence electrons. The average molecular weight is 497 g/mol. The molecule has 2 aliphatic heterocycles. The highest BCUT2D eigenvalue weighted by molar-refractivity contribution is 14.1. The Labute approximate surface area is 180 Å². The van der Waals surface area contributed by atoms with Gasteiger partial charge in [0.1, 0.15) is 0 Å². The van der Waals surface area contributed by atoms with Crippen molar-refractivity contribution < 1.29 is 12.7 Å². The summed E-state index contributed by atoms with van der Waals surface area (Å²) in [6.07, 6.45) is 5.55. The summed E-state index contributed by atoms with van der Waals surface area (Å²) in [6.45, 7) is 4.99. The third-order valence-corrected chi connectivity index (χ3v) is 7.09. The second kappa shape index (κ2) is 8.57. The fourth-order valence-corrected chi connectivity index (χ4v) is 5.37. The van der Waals surface area contributed by atoms with Crippen molar-refractivity contribution in [3.8, 4) is 5.75 Å². The zero-order valence-corrected chi connectivity index (χ0v) is 18.4. The number of rotatable bonds is 5. The van der Waals surface area contributed by atoms with Crippen LogP contribution in [0.1, 0.15) is 38.5 Å². The van der Waals surface area contributed by atoms with Gasteiger partial charge in [-0.3, -0.25) is 19.4 Å². The number of hydrogen-bond donors (Lipinski definition) is 0. The minimum atomic E-state index is -0.00951. The van der Waals surface area contributed by atoms with E-state index >= 15 is 0 Å². The molecule has 1 aromatic carbocycles. The van der Waals surface area contributed by atoms with Gasteiger partial charge in [0.25, 0.3) is 0 Å². The van der Waals surface area contributed by atoms with Crippen LogP contribution in [0.5, 0.6) is 5.75 Å². The van der Waals surface area contributed by atoms with Crippen LogP contribution in [0.15, 0.2) is 24.3 Å². The maximum atomic E-state index is 12.6. The Morgan fingerprint density at radius 3 is 2.21 bits per heavy atom. The highest BCUT2D eigenvalue weighted by Crippen LogP contribution is 2.46. The molecule has 0 atom stereocenters. The first-order chi connectivity index (χ1) is 13.6. The molecule has 0 bridgehead atoms. The van der Waals surface area contributed by atoms with Gasteiger partial charge in [0.15, 0.2) is 28.8 Å². The maximum Gasteiger partial charge on any atom is 0.229 e. The zero-order valence-electron chi connectivity index (χ0n) is 16.2. The van der Waals surface area contributed by atoms with Gasteiger partial charge < -0.3 is 7.97 Å². The van der Waals surface area contributed by atoms with E-state index in [0.29, 0.717) is 19.4 Å². The Kier molecular flexibility index (Phi) is 6.10. The molecule has 6 nitrogen and oxygen atoms in total. The molecule has 0 N–H and O–H groups in total. The minimum Gasteiger partial charge on any atom is -0.425 e. The van der Waals surface area contributed by atoms with Gasteiger partial charge >= 0.3 is 0 Å². The van der Waals surface area contributed by atoms with E-state index in [9.17, 15) is 9.59 Å². The summed E-state index contributed by atoms with van der Waals surface area (Å²) >= 11 is 1.93. The number of halogens is 1. The predicted octanol–water partition coefficient (Wildman–Crippen LogP) is 3.25. The number of amides is 2. The van der Waals surface area contributed by atoms with Crippen LogP contribution in [0.2, 0.25) is 0 Å². The fraction of sp³-hybridized carbons (Fsp3) is 0.619. The van der Waals surface area contributed by atoms with Crippen molar-refractivity contribution in [2.45, 2.75) is 38.5 Å². The Morgan fingerprint density at radius 2 is 1.57 bits per heavy atom. The number of piperidine rings is 1. The summed E-state index contributed by atoms with van der Waals surface area (Å²) in [5.74, 6) is 0.983. The summed E-state index contributed by atoms with van der Waals surface area (Å²) < 4.78 is 5.45. The highest BCUT2D eigenvalue weighted by Gasteiger charge is 2.44. The molecular weight excluding hydrogens is 469 g/mol. The maximum absolute atomic E-state index is 12.6. The minimum absolute atomic E-state index is 0.00951. The normalized spacial score (nSPS) is 22.9. The lowest BCUT2D eigenvalue weighted by Crippen LogP contribution is -2.52. The molecule has 1 saturated carbocycles. The van der Waals surface area contributed by atoms with E-state index in [-0.39, 0.29) is 17.2 Å². The van der Waals surface area contributed by atoms with Crippen LogP contribution in [0.4, 0.5) is 5.69 Å². The number of benzene rings is 1. The van der Waals surface area contributed by atoms with E-state index in [4.69, 9.17) is 3.07 Å². The summed E-state index contributed by atoms with van der Waals surface area (Å²) in [7, 11) is 0. The molecule has 1 aliphatic carbocycles. The van der Waals surface area contributed by atoms with Gasteiger partial charge in [0.05, 0.1) is 5.69 Å². The van der Waals surface area contributed by atoms with Crippen LogP contribution in [0, 0.1) is 5.41 Å². The molecule has 1 aromatic rings. The number of piperazine rings is 1. The van der Waals surface area contributed by atoms with Crippen molar-refractivity contribution in [2.75, 3.05) is 44.2 Å². The largest absolute Gasteiger partial charge is 0.425 e. The quantitative estimate of drug-likeness (QED) is 0.462. The number of para-hydroxylation sites is 2. The lowest BCUT2D eigenvalue weighted by Gasteiger charge is -2.39. The van der Waals surface area contributed by atoms with Crippen molar-refractivity contribution >= 4 is 40.5 Å². The van der Waals surface area contributed by atoms with Crippen molar-refractivity contribution in [1.29, 1.82) is 0 Å². The lowest BCUT2D eigenvalue weighted by atomic mass is 9.76. The monoisotopic (exact) mass is 497 g/mol. The van der Waals surface area contributed by atoms with Gasteiger partial charge in [0, 0.05) is 52.1 Å². The molecule has 0 aromatic heterocycles. The number of hydrogen-bond acceptors (Lipinski definition) is 5. The van der Waals surface area contributed by atoms with Gasteiger partial charge in [-0.2, -0.15) is 0 Å². The van der Waals surface area contributed by atoms with Crippen LogP contribution in [0.3, 0.4) is 0 Å². The fourth-order valence-electron chi connectivity index (χ4n) is 5.00. The van der Waals surface area contributed by atoms with Gasteiger partial charge in [0.2, 0.25) is 11.8 Å². The number of nitrogens with zero attached hydrogens (tertiary/aromatic N) is 3. The SMILES string of the molecule is O=C1CC2(CCCC2)CC(=O)N1CCN1CCN(c2ccccc2OI)CC1. The standard InChI is InChI=1S/C21H28IN3O3/c22-28-18-6-2-1-5-17(18)24-12-9-23(10-13-24)11-14-25-19(26)15-21(16-20(25)27)7-3-4-8-21/h1-2,5-6H,3-4,7-16H2. The molecule has 3 fully saturated rings. The van der Waals surface area contributed by atoms with Crippen LogP contribution < -0.4 is 7.97 Å². The number of anilines is 1. The van der Waals surface area contributed by atoms with E-state index in [0.717, 1.165) is 69.8 Å². The molecule has 0 unspecified atom stereocenters. The highest BCUT2D eigenvalue weighted by atomic mass is 127. The van der Waals surface area contributed by atoms with Crippen molar-refractivity contribution in [3.63, 3.8) is 0 Å². The molecule has 2 heterocycles. The van der Waals surface area contributed by atoms with Crippen LogP contribution in [-0.2, 0) is 9.59 Å². The van der Waals surface area contributed by atoms with Crippen LogP contribution in [0.25, 0.3) is 0 Å². The van der Waals surface area contributed by atoms with Crippen LogP contribution in [-0.4, -0.2) is 60.9 Å². The Balaban J connectivity index is 1.28. The number of likely N-dealkylation sites (tertiary alicyclic amines) is 1. The summed E-state index contributed by atoms with van der Waals surface area (Å²) in [4.78, 5) is 31.4. The Hall–Kier alpha value is -1.35. The van der Waals surface area contributed by atoms with Crippen molar-refractivity contribution in [3.05, 3.63) is 24.3 Å². The van der Waals surface area contributed by atoms with E-state index in [1.165, 1.54) is 4.90 Å². The van der Waals surface area contributed by atoms with E-state index in [1.807, 2.05) is 41.2 Å². The molecule has 7 heteroatoms. The number of carbonyl (C=O) groups excluding carboxylic acids is 2. The van der Waals surface area contributed by atoms with Gasteiger partial charge in [-0.25, -0.2) is 0 Å². The molecular formula is C21H28IN3O3. The summed E-state index contributed by atoms with van der Waals surface area (Å²) in [5.41, 5.74) is 1.12. The molecule has 2 saturated heterocycles. The Morgan fingerprint density at radius 1 is 0.929 bits per heavy atom. The third-order valence-electron chi connectivity index (χ3n) is 6.62. The van der Waals surface area contributed by atoms with E-state index in [1.54, 1.807) is 0 Å². The predicted molar refractivity (Wildman–Crippen MR) is 117 cm³/mol. The van der Waals surface area contributed by atoms with Gasteiger partial charge in [-0.05, 0) is 30.4 Å². The second-order valence-electron chi connectivity index (χ2n) is 8.37. The summed E-state index contributed by atoms with van der Waals surface area (Å²) in [5, 5.41) is 0. The first-order valence-corrected chi connectivity index (χ1v) is 11.2. The molecule has 1 spiro atoms. The van der Waals surface area contributed by atoms with Gasteiger partial charge in [-0.15, -0.1) is 0 Å². The average Bonchev–Trinajstić information content (AvgIpc) is 3.15. The summed E-state index contributed by atoms with van der Waals surface area (Å²) in [6, 6.07) is 8.09. The molecule has 28 heavy (non-hydrogen) atoms. The smallest absolute Gasteiger partial charge is 0.229 e. The first kappa shape index (κ1) is 19.9. The second-order valence-corrected chi connectivity index (χ2v) is 8.81.